The van der Waals surface area contributed by atoms with Crippen LogP contribution in [0.4, 0.5) is 0 Å². The van der Waals surface area contributed by atoms with Gasteiger partial charge in [0.1, 0.15) is 0 Å². The van der Waals surface area contributed by atoms with Crippen molar-refractivity contribution >= 4 is 15.9 Å². The Hall–Kier alpha value is -1.44. The molecule has 0 radical (unpaired) electrons. The van der Waals surface area contributed by atoms with Gasteiger partial charge in [-0.25, -0.2) is 13.1 Å². The monoisotopic (exact) mass is 325 g/mol. The fourth-order valence-corrected chi connectivity index (χ4v) is 3.48. The molecule has 0 bridgehead atoms. The second kappa shape index (κ2) is 6.76. The minimum absolute atomic E-state index is 0.0292. The summed E-state index contributed by atoms with van der Waals surface area (Å²) in [5.74, 6) is 0.194. The maximum atomic E-state index is 12.1. The summed E-state index contributed by atoms with van der Waals surface area (Å²) in [5.41, 5.74) is 6.25. The lowest BCUT2D eigenvalue weighted by molar-refractivity contribution is 0.0950. The van der Waals surface area contributed by atoms with Crippen molar-refractivity contribution in [2.24, 2.45) is 11.7 Å². The van der Waals surface area contributed by atoms with Crippen LogP contribution in [-0.2, 0) is 10.0 Å². The van der Waals surface area contributed by atoms with Crippen LogP contribution in [0.3, 0.4) is 0 Å². The third kappa shape index (κ3) is 4.53. The van der Waals surface area contributed by atoms with Crippen LogP contribution in [0, 0.1) is 5.92 Å². The van der Waals surface area contributed by atoms with E-state index in [1.54, 1.807) is 26.0 Å². The molecule has 1 aromatic rings. The van der Waals surface area contributed by atoms with Gasteiger partial charge >= 0.3 is 0 Å². The fraction of sp³-hybridized carbons (Fsp3) is 0.533. The number of hydrogen-bond donors (Lipinski definition) is 3. The number of nitrogens with two attached hydrogens (primary N) is 1. The SMILES string of the molecule is CC(C)NS(=O)(=O)c1cccc(C(=O)NCC(N)C2CC2)c1. The minimum atomic E-state index is -3.60. The highest BCUT2D eigenvalue weighted by Crippen LogP contribution is 2.31. The molecule has 6 nitrogen and oxygen atoms in total. The van der Waals surface area contributed by atoms with E-state index in [0.29, 0.717) is 18.0 Å². The zero-order valence-electron chi connectivity index (χ0n) is 12.9. The van der Waals surface area contributed by atoms with Gasteiger partial charge in [0.25, 0.3) is 5.91 Å². The molecule has 0 aliphatic heterocycles. The van der Waals surface area contributed by atoms with Crippen LogP contribution in [0.2, 0.25) is 0 Å². The zero-order valence-corrected chi connectivity index (χ0v) is 13.7. The summed E-state index contributed by atoms with van der Waals surface area (Å²) in [4.78, 5) is 12.2. The first-order valence-electron chi connectivity index (χ1n) is 7.46. The molecule has 7 heteroatoms. The average Bonchev–Trinajstić information content (AvgIpc) is 3.27. The molecule has 1 aliphatic carbocycles. The summed E-state index contributed by atoms with van der Waals surface area (Å²) < 4.78 is 26.7. The summed E-state index contributed by atoms with van der Waals surface area (Å²) in [6.45, 7) is 3.89. The van der Waals surface area contributed by atoms with Crippen LogP contribution < -0.4 is 15.8 Å². The molecule has 0 spiro atoms. The highest BCUT2D eigenvalue weighted by atomic mass is 32.2. The first kappa shape index (κ1) is 16.9. The van der Waals surface area contributed by atoms with Gasteiger partial charge < -0.3 is 11.1 Å². The number of nitrogens with one attached hydrogen (secondary N) is 2. The molecule has 22 heavy (non-hydrogen) atoms. The van der Waals surface area contributed by atoms with E-state index in [4.69, 9.17) is 5.73 Å². The van der Waals surface area contributed by atoms with Crippen molar-refractivity contribution in [3.05, 3.63) is 29.8 Å². The summed E-state index contributed by atoms with van der Waals surface area (Å²) in [6.07, 6.45) is 2.23. The van der Waals surface area contributed by atoms with Crippen molar-refractivity contribution in [1.29, 1.82) is 0 Å². The maximum Gasteiger partial charge on any atom is 0.251 e. The van der Waals surface area contributed by atoms with Gasteiger partial charge in [-0.05, 0) is 50.8 Å². The lowest BCUT2D eigenvalue weighted by Gasteiger charge is -2.13. The number of hydrogen-bond acceptors (Lipinski definition) is 4. The lowest BCUT2D eigenvalue weighted by Crippen LogP contribution is -2.38. The van der Waals surface area contributed by atoms with Gasteiger partial charge in [-0.3, -0.25) is 4.79 Å². The second-order valence-corrected chi connectivity index (χ2v) is 7.73. The predicted octanol–water partition coefficient (Wildman–Crippen LogP) is 0.840. The quantitative estimate of drug-likeness (QED) is 0.691. The Kier molecular flexibility index (Phi) is 5.20. The molecule has 1 aliphatic rings. The highest BCUT2D eigenvalue weighted by Gasteiger charge is 2.28. The smallest absolute Gasteiger partial charge is 0.251 e. The van der Waals surface area contributed by atoms with E-state index in [0.717, 1.165) is 12.8 Å². The summed E-state index contributed by atoms with van der Waals surface area (Å²) in [5, 5.41) is 2.76. The number of carbonyl (C=O) groups excluding carboxylic acids is 1. The topological polar surface area (TPSA) is 101 Å². The highest BCUT2D eigenvalue weighted by molar-refractivity contribution is 7.89. The molecule has 1 aromatic carbocycles. The number of rotatable bonds is 7. The van der Waals surface area contributed by atoms with Crippen LogP contribution in [0.5, 0.6) is 0 Å². The summed E-state index contributed by atoms with van der Waals surface area (Å²) in [7, 11) is -3.60. The van der Waals surface area contributed by atoms with Gasteiger partial charge in [-0.15, -0.1) is 0 Å². The third-order valence-electron chi connectivity index (χ3n) is 3.52. The molecule has 0 aromatic heterocycles. The summed E-state index contributed by atoms with van der Waals surface area (Å²) >= 11 is 0. The Morgan fingerprint density at radius 1 is 1.36 bits per heavy atom. The molecule has 1 atom stereocenters. The molecule has 1 fully saturated rings. The minimum Gasteiger partial charge on any atom is -0.350 e. The molecule has 2 rings (SSSR count). The molecule has 1 unspecified atom stereocenters. The van der Waals surface area contributed by atoms with Gasteiger partial charge in [0.05, 0.1) is 4.90 Å². The van der Waals surface area contributed by atoms with E-state index in [9.17, 15) is 13.2 Å². The molecule has 1 amide bonds. The van der Waals surface area contributed by atoms with Crippen LogP contribution in [0.15, 0.2) is 29.2 Å². The first-order valence-corrected chi connectivity index (χ1v) is 8.94. The average molecular weight is 325 g/mol. The van der Waals surface area contributed by atoms with E-state index in [2.05, 4.69) is 10.0 Å². The van der Waals surface area contributed by atoms with Crippen molar-refractivity contribution in [1.82, 2.24) is 10.0 Å². The third-order valence-corrected chi connectivity index (χ3v) is 5.18. The normalized spacial score (nSPS) is 16.5. The van der Waals surface area contributed by atoms with Crippen LogP contribution in [-0.4, -0.2) is 33.0 Å². The Bertz CT molecular complexity index is 639. The molecule has 0 heterocycles. The number of sulfonamides is 1. The van der Waals surface area contributed by atoms with Gasteiger partial charge in [0, 0.05) is 24.2 Å². The van der Waals surface area contributed by atoms with Gasteiger partial charge in [0.2, 0.25) is 10.0 Å². The van der Waals surface area contributed by atoms with Crippen molar-refractivity contribution in [3.8, 4) is 0 Å². The molecular weight excluding hydrogens is 302 g/mol. The van der Waals surface area contributed by atoms with Crippen LogP contribution in [0.1, 0.15) is 37.0 Å². The zero-order chi connectivity index (χ0) is 16.3. The Morgan fingerprint density at radius 3 is 2.64 bits per heavy atom. The lowest BCUT2D eigenvalue weighted by atomic mass is 10.2. The van der Waals surface area contributed by atoms with Gasteiger partial charge in [-0.2, -0.15) is 0 Å². The van der Waals surface area contributed by atoms with Crippen molar-refractivity contribution in [2.75, 3.05) is 6.54 Å². The first-order chi connectivity index (χ1) is 10.3. The molecule has 4 N–H and O–H groups in total. The molecule has 122 valence electrons. The maximum absolute atomic E-state index is 12.1. The molecular formula is C15H23N3O3S. The second-order valence-electron chi connectivity index (χ2n) is 6.02. The molecule has 0 saturated heterocycles. The van der Waals surface area contributed by atoms with E-state index < -0.39 is 10.0 Å². The van der Waals surface area contributed by atoms with E-state index >= 15 is 0 Å². The van der Waals surface area contributed by atoms with E-state index in [-0.39, 0.29) is 22.9 Å². The summed E-state index contributed by atoms with van der Waals surface area (Å²) in [6, 6.07) is 5.76. The Morgan fingerprint density at radius 2 is 2.05 bits per heavy atom. The van der Waals surface area contributed by atoms with Gasteiger partial charge in [0.15, 0.2) is 0 Å². The number of carbonyl (C=O) groups is 1. The largest absolute Gasteiger partial charge is 0.350 e. The van der Waals surface area contributed by atoms with Crippen LogP contribution >= 0.6 is 0 Å². The van der Waals surface area contributed by atoms with Crippen molar-refractivity contribution in [2.45, 2.75) is 43.7 Å². The number of benzene rings is 1. The van der Waals surface area contributed by atoms with Gasteiger partial charge in [-0.1, -0.05) is 6.07 Å². The van der Waals surface area contributed by atoms with Crippen molar-refractivity contribution < 1.29 is 13.2 Å². The Balaban J connectivity index is 2.05. The van der Waals surface area contributed by atoms with Crippen LogP contribution in [0.25, 0.3) is 0 Å². The predicted molar refractivity (Wildman–Crippen MR) is 84.9 cm³/mol. The number of amides is 1. The van der Waals surface area contributed by atoms with E-state index in [1.165, 1.54) is 12.1 Å². The molecule has 1 saturated carbocycles. The van der Waals surface area contributed by atoms with E-state index in [1.807, 2.05) is 0 Å². The van der Waals surface area contributed by atoms with Crippen molar-refractivity contribution in [3.63, 3.8) is 0 Å². The fourth-order valence-electron chi connectivity index (χ4n) is 2.19. The standard InChI is InChI=1S/C15H23N3O3S/c1-10(2)18-22(20,21)13-5-3-4-12(8-13)15(19)17-9-14(16)11-6-7-11/h3-5,8,10-11,14,18H,6-7,9,16H2,1-2H3,(H,17,19). The Labute approximate surface area is 131 Å².